The molecule has 1 unspecified atom stereocenters. The Morgan fingerprint density at radius 3 is 3.00 bits per heavy atom. The van der Waals surface area contributed by atoms with Gasteiger partial charge >= 0.3 is 0 Å². The van der Waals surface area contributed by atoms with Crippen LogP contribution in [0.3, 0.4) is 0 Å². The lowest BCUT2D eigenvalue weighted by atomic mass is 10.3. The Morgan fingerprint density at radius 2 is 2.54 bits per heavy atom. The first kappa shape index (κ1) is 9.68. The van der Waals surface area contributed by atoms with Crippen LogP contribution in [0, 0.1) is 11.3 Å². The molecule has 0 spiro atoms. The van der Waals surface area contributed by atoms with Crippen LogP contribution in [0.5, 0.6) is 0 Å². The molecule has 1 atom stereocenters. The van der Waals surface area contributed by atoms with Crippen LogP contribution in [-0.2, 0) is 0 Å². The Morgan fingerprint density at radius 1 is 1.85 bits per heavy atom. The average Bonchev–Trinajstić information content (AvgIpc) is 2.67. The largest absolute Gasteiger partial charge is 0.325 e. The lowest BCUT2D eigenvalue weighted by Gasteiger charge is -2.17. The van der Waals surface area contributed by atoms with Crippen LogP contribution in [0.2, 0.25) is 0 Å². The van der Waals surface area contributed by atoms with Crippen molar-refractivity contribution in [1.82, 2.24) is 9.88 Å². The molecule has 5 heteroatoms. The average molecular weight is 195 g/mol. The number of nitrogens with zero attached hydrogens (tertiary/aromatic N) is 3. The molecule has 68 valence electrons. The van der Waals surface area contributed by atoms with Gasteiger partial charge in [0.05, 0.1) is 11.6 Å². The number of rotatable bonds is 2. The molecule has 13 heavy (non-hydrogen) atoms. The van der Waals surface area contributed by atoms with Crippen LogP contribution >= 0.6 is 11.3 Å². The van der Waals surface area contributed by atoms with Crippen molar-refractivity contribution in [2.45, 2.75) is 13.0 Å². The highest BCUT2D eigenvalue weighted by Gasteiger charge is 2.17. The van der Waals surface area contributed by atoms with E-state index in [9.17, 15) is 4.79 Å². The Hall–Kier alpha value is -1.41. The van der Waals surface area contributed by atoms with Crippen molar-refractivity contribution in [2.75, 3.05) is 7.05 Å². The molecule has 0 aliphatic rings. The molecule has 1 amide bonds. The van der Waals surface area contributed by atoms with Gasteiger partial charge in [0.2, 0.25) is 0 Å². The van der Waals surface area contributed by atoms with Crippen LogP contribution in [0.1, 0.15) is 17.4 Å². The summed E-state index contributed by atoms with van der Waals surface area (Å²) in [6.07, 6.45) is 0. The molecule has 4 nitrogen and oxygen atoms in total. The van der Waals surface area contributed by atoms with Crippen LogP contribution in [0.15, 0.2) is 10.9 Å². The van der Waals surface area contributed by atoms with Gasteiger partial charge in [0.15, 0.2) is 0 Å². The lowest BCUT2D eigenvalue weighted by Crippen LogP contribution is -2.34. The van der Waals surface area contributed by atoms with E-state index in [-0.39, 0.29) is 5.91 Å². The normalized spacial score (nSPS) is 11.8. The molecule has 1 rings (SSSR count). The topological polar surface area (TPSA) is 57.0 Å². The summed E-state index contributed by atoms with van der Waals surface area (Å²) >= 11 is 1.36. The van der Waals surface area contributed by atoms with Crippen molar-refractivity contribution in [1.29, 1.82) is 5.26 Å². The second kappa shape index (κ2) is 4.01. The summed E-state index contributed by atoms with van der Waals surface area (Å²) < 4.78 is 0. The van der Waals surface area contributed by atoms with Crippen LogP contribution in [0.25, 0.3) is 0 Å². The molecule has 0 saturated carbocycles. The minimum Gasteiger partial charge on any atom is -0.325 e. The highest BCUT2D eigenvalue weighted by Crippen LogP contribution is 2.06. The molecular formula is C8H9N3OS. The zero-order valence-electron chi connectivity index (χ0n) is 7.39. The monoisotopic (exact) mass is 195 g/mol. The number of carbonyl (C=O) groups excluding carboxylic acids is 1. The van der Waals surface area contributed by atoms with E-state index in [1.54, 1.807) is 24.9 Å². The first-order chi connectivity index (χ1) is 6.16. The minimum atomic E-state index is -0.422. The maximum absolute atomic E-state index is 11.5. The SMILES string of the molecule is CC(C#N)N(C)C(=O)c1cscn1. The van der Waals surface area contributed by atoms with E-state index in [2.05, 4.69) is 4.98 Å². The molecule has 1 aromatic heterocycles. The number of hydrogen-bond acceptors (Lipinski definition) is 4. The van der Waals surface area contributed by atoms with Gasteiger partial charge in [0.1, 0.15) is 11.7 Å². The Balaban J connectivity index is 2.75. The molecule has 0 aromatic carbocycles. The summed E-state index contributed by atoms with van der Waals surface area (Å²) in [5, 5.41) is 10.3. The molecule has 1 heterocycles. The van der Waals surface area contributed by atoms with E-state index < -0.39 is 6.04 Å². The fraction of sp³-hybridized carbons (Fsp3) is 0.375. The predicted molar refractivity (Wildman–Crippen MR) is 49.3 cm³/mol. The van der Waals surface area contributed by atoms with E-state index >= 15 is 0 Å². The van der Waals surface area contributed by atoms with Crippen LogP contribution in [0.4, 0.5) is 0 Å². The minimum absolute atomic E-state index is 0.213. The summed E-state index contributed by atoms with van der Waals surface area (Å²) in [5.74, 6) is -0.213. The second-order valence-corrected chi connectivity index (χ2v) is 3.31. The fourth-order valence-corrected chi connectivity index (χ4v) is 1.29. The molecule has 1 aromatic rings. The van der Waals surface area contributed by atoms with Gasteiger partial charge in [-0.1, -0.05) is 0 Å². The van der Waals surface area contributed by atoms with Gasteiger partial charge in [-0.2, -0.15) is 5.26 Å². The predicted octanol–water partition coefficient (Wildman–Crippen LogP) is 1.13. The van der Waals surface area contributed by atoms with Gasteiger partial charge in [-0.05, 0) is 6.92 Å². The summed E-state index contributed by atoms with van der Waals surface area (Å²) in [6.45, 7) is 1.67. The van der Waals surface area contributed by atoms with E-state index in [0.29, 0.717) is 5.69 Å². The maximum Gasteiger partial charge on any atom is 0.274 e. The molecule has 0 aliphatic heterocycles. The van der Waals surface area contributed by atoms with Crippen LogP contribution < -0.4 is 0 Å². The summed E-state index contributed by atoms with van der Waals surface area (Å²) in [7, 11) is 1.59. The summed E-state index contributed by atoms with van der Waals surface area (Å²) in [6, 6.07) is 1.57. The van der Waals surface area contributed by atoms with Gasteiger partial charge in [-0.25, -0.2) is 4.98 Å². The van der Waals surface area contributed by atoms with Crippen molar-refractivity contribution in [3.05, 3.63) is 16.6 Å². The van der Waals surface area contributed by atoms with E-state index in [4.69, 9.17) is 5.26 Å². The molecule has 0 saturated heterocycles. The van der Waals surface area contributed by atoms with Gasteiger partial charge in [0, 0.05) is 12.4 Å². The molecule has 0 N–H and O–H groups in total. The molecular weight excluding hydrogens is 186 g/mol. The molecule has 0 bridgehead atoms. The number of thiazole rings is 1. The van der Waals surface area contributed by atoms with E-state index in [1.165, 1.54) is 16.2 Å². The van der Waals surface area contributed by atoms with Crippen molar-refractivity contribution in [2.24, 2.45) is 0 Å². The van der Waals surface area contributed by atoms with Gasteiger partial charge in [0.25, 0.3) is 5.91 Å². The maximum atomic E-state index is 11.5. The number of hydrogen-bond donors (Lipinski definition) is 0. The molecule has 0 aliphatic carbocycles. The van der Waals surface area contributed by atoms with Crippen molar-refractivity contribution in [3.63, 3.8) is 0 Å². The third-order valence-corrected chi connectivity index (χ3v) is 2.33. The number of aromatic nitrogens is 1. The zero-order valence-corrected chi connectivity index (χ0v) is 8.21. The second-order valence-electron chi connectivity index (χ2n) is 2.59. The van der Waals surface area contributed by atoms with Gasteiger partial charge in [-0.15, -0.1) is 11.3 Å². The number of carbonyl (C=O) groups is 1. The molecule has 0 fully saturated rings. The zero-order chi connectivity index (χ0) is 9.84. The highest BCUT2D eigenvalue weighted by atomic mass is 32.1. The fourth-order valence-electron chi connectivity index (χ4n) is 0.761. The quantitative estimate of drug-likeness (QED) is 0.710. The Labute approximate surface area is 80.4 Å². The van der Waals surface area contributed by atoms with Gasteiger partial charge in [-0.3, -0.25) is 4.79 Å². The van der Waals surface area contributed by atoms with Crippen LogP contribution in [-0.4, -0.2) is 28.9 Å². The summed E-state index contributed by atoms with van der Waals surface area (Å²) in [5.41, 5.74) is 1.99. The molecule has 0 radical (unpaired) electrons. The third-order valence-electron chi connectivity index (χ3n) is 1.74. The smallest absolute Gasteiger partial charge is 0.274 e. The third kappa shape index (κ3) is 2.04. The first-order valence-electron chi connectivity index (χ1n) is 3.71. The van der Waals surface area contributed by atoms with E-state index in [1.807, 2.05) is 6.07 Å². The number of nitriles is 1. The first-order valence-corrected chi connectivity index (χ1v) is 4.66. The number of amides is 1. The Bertz CT molecular complexity index is 328. The standard InChI is InChI=1S/C8H9N3OS/c1-6(3-9)11(2)8(12)7-4-13-5-10-7/h4-6H,1-2H3. The van der Waals surface area contributed by atoms with E-state index in [0.717, 1.165) is 0 Å². The summed E-state index contributed by atoms with van der Waals surface area (Å²) in [4.78, 5) is 16.8. The Kier molecular flexibility index (Phi) is 2.98. The highest BCUT2D eigenvalue weighted by molar-refractivity contribution is 7.07. The van der Waals surface area contributed by atoms with Crippen molar-refractivity contribution in [3.8, 4) is 6.07 Å². The van der Waals surface area contributed by atoms with Crippen molar-refractivity contribution < 1.29 is 4.79 Å². The van der Waals surface area contributed by atoms with Gasteiger partial charge < -0.3 is 4.90 Å². The van der Waals surface area contributed by atoms with Crippen molar-refractivity contribution >= 4 is 17.2 Å². The lowest BCUT2D eigenvalue weighted by molar-refractivity contribution is 0.0768.